The van der Waals surface area contributed by atoms with E-state index >= 15 is 0 Å². The maximum absolute atomic E-state index is 12.8. The fraction of sp³-hybridized carbons (Fsp3) is 0.909. The number of hydrogen-bond donors (Lipinski definition) is 2. The highest BCUT2D eigenvalue weighted by Crippen LogP contribution is 2.33. The summed E-state index contributed by atoms with van der Waals surface area (Å²) in [5, 5.41) is 6.63. The standard InChI is InChI=1S/C22H42N4O5.HI/c1-16-18(26(22(5,6)30-16)20(27)31-21(2,3)4)15-25-19(23-7)24-11-8-12-29-17-9-13-28-14-10-17;/h16-18H,8-15H2,1-7H3,(H2,23,24,25);1H. The minimum atomic E-state index is -0.744. The first-order valence-electron chi connectivity index (χ1n) is 11.4. The second kappa shape index (κ2) is 13.1. The summed E-state index contributed by atoms with van der Waals surface area (Å²) in [5.74, 6) is 0.687. The highest BCUT2D eigenvalue weighted by molar-refractivity contribution is 14.0. The number of carbonyl (C=O) groups is 1. The lowest BCUT2D eigenvalue weighted by Crippen LogP contribution is -2.54. The molecule has 0 saturated carbocycles. The Hall–Kier alpha value is -0.850. The molecule has 2 unspecified atom stereocenters. The zero-order valence-electron chi connectivity index (χ0n) is 20.7. The van der Waals surface area contributed by atoms with Gasteiger partial charge in [0.15, 0.2) is 5.96 Å². The Balaban J connectivity index is 0.00000512. The van der Waals surface area contributed by atoms with Crippen molar-refractivity contribution in [1.82, 2.24) is 15.5 Å². The molecule has 1 amide bonds. The number of halogens is 1. The number of carbonyl (C=O) groups excluding carboxylic acids is 1. The molecule has 0 aromatic heterocycles. The minimum absolute atomic E-state index is 0. The number of amides is 1. The molecular weight excluding hydrogens is 527 g/mol. The highest BCUT2D eigenvalue weighted by Gasteiger charge is 2.49. The SMILES string of the molecule is CN=C(NCCCOC1CCOCC1)NCC1C(C)OC(C)(C)N1C(=O)OC(C)(C)C.I. The fourth-order valence-electron chi connectivity index (χ4n) is 3.92. The maximum atomic E-state index is 12.8. The fourth-order valence-corrected chi connectivity index (χ4v) is 3.92. The molecule has 2 N–H and O–H groups in total. The van der Waals surface area contributed by atoms with E-state index in [0.29, 0.717) is 25.2 Å². The lowest BCUT2D eigenvalue weighted by atomic mass is 10.1. The van der Waals surface area contributed by atoms with Crippen LogP contribution >= 0.6 is 24.0 Å². The second-order valence-electron chi connectivity index (χ2n) is 9.60. The molecule has 0 aromatic carbocycles. The van der Waals surface area contributed by atoms with Gasteiger partial charge in [0.1, 0.15) is 11.3 Å². The van der Waals surface area contributed by atoms with Crippen molar-refractivity contribution in [2.45, 2.75) is 90.4 Å². The third-order valence-electron chi connectivity index (χ3n) is 5.36. The number of hydrogen-bond acceptors (Lipinski definition) is 6. The predicted molar refractivity (Wildman–Crippen MR) is 136 cm³/mol. The van der Waals surface area contributed by atoms with Gasteiger partial charge in [-0.25, -0.2) is 4.79 Å². The Morgan fingerprint density at radius 2 is 1.88 bits per heavy atom. The summed E-state index contributed by atoms with van der Waals surface area (Å²) < 4.78 is 22.9. The Morgan fingerprint density at radius 1 is 1.22 bits per heavy atom. The van der Waals surface area contributed by atoms with E-state index in [9.17, 15) is 4.79 Å². The molecule has 2 aliphatic rings. The molecule has 0 spiro atoms. The summed E-state index contributed by atoms with van der Waals surface area (Å²) in [5.41, 5.74) is -1.31. The lowest BCUT2D eigenvalue weighted by Gasteiger charge is -2.35. The minimum Gasteiger partial charge on any atom is -0.444 e. The zero-order valence-corrected chi connectivity index (χ0v) is 23.1. The second-order valence-corrected chi connectivity index (χ2v) is 9.60. The Labute approximate surface area is 210 Å². The first-order valence-corrected chi connectivity index (χ1v) is 11.4. The third-order valence-corrected chi connectivity index (χ3v) is 5.36. The van der Waals surface area contributed by atoms with Crippen molar-refractivity contribution >= 4 is 36.0 Å². The average molecular weight is 571 g/mol. The van der Waals surface area contributed by atoms with Crippen LogP contribution in [0.3, 0.4) is 0 Å². The Kier molecular flexibility index (Phi) is 12.0. The summed E-state index contributed by atoms with van der Waals surface area (Å²) in [7, 11) is 1.73. The number of aliphatic imine (C=N–C) groups is 1. The molecule has 0 bridgehead atoms. The van der Waals surface area contributed by atoms with E-state index < -0.39 is 11.3 Å². The first kappa shape index (κ1) is 29.2. The van der Waals surface area contributed by atoms with Crippen molar-refractivity contribution in [3.8, 4) is 0 Å². The molecule has 10 heteroatoms. The smallest absolute Gasteiger partial charge is 0.412 e. The highest BCUT2D eigenvalue weighted by atomic mass is 127. The molecule has 0 aliphatic carbocycles. The van der Waals surface area contributed by atoms with Crippen LogP contribution in [0.15, 0.2) is 4.99 Å². The van der Waals surface area contributed by atoms with Crippen molar-refractivity contribution in [2.75, 3.05) is 40.0 Å². The molecule has 9 nitrogen and oxygen atoms in total. The summed E-state index contributed by atoms with van der Waals surface area (Å²) in [4.78, 5) is 18.8. The molecule has 2 aliphatic heterocycles. The average Bonchev–Trinajstić information content (AvgIpc) is 2.91. The van der Waals surface area contributed by atoms with E-state index in [1.54, 1.807) is 11.9 Å². The first-order chi connectivity index (χ1) is 14.5. The monoisotopic (exact) mass is 570 g/mol. The van der Waals surface area contributed by atoms with Gasteiger partial charge >= 0.3 is 6.09 Å². The Morgan fingerprint density at radius 3 is 2.47 bits per heavy atom. The van der Waals surface area contributed by atoms with Crippen LogP contribution in [0.2, 0.25) is 0 Å². The van der Waals surface area contributed by atoms with Crippen molar-refractivity contribution in [2.24, 2.45) is 4.99 Å². The van der Waals surface area contributed by atoms with Crippen LogP contribution in [0.1, 0.15) is 60.8 Å². The molecule has 188 valence electrons. The topological polar surface area (TPSA) is 93.7 Å². The van der Waals surface area contributed by atoms with Gasteiger partial charge in [-0.3, -0.25) is 9.89 Å². The molecule has 0 aromatic rings. The van der Waals surface area contributed by atoms with Gasteiger partial charge in [-0.1, -0.05) is 0 Å². The van der Waals surface area contributed by atoms with Gasteiger partial charge in [0, 0.05) is 40.0 Å². The zero-order chi connectivity index (χ0) is 23.1. The van der Waals surface area contributed by atoms with Crippen LogP contribution in [0, 0.1) is 0 Å². The van der Waals surface area contributed by atoms with Gasteiger partial charge < -0.3 is 29.6 Å². The van der Waals surface area contributed by atoms with Crippen molar-refractivity contribution in [3.05, 3.63) is 0 Å². The van der Waals surface area contributed by atoms with E-state index in [0.717, 1.165) is 39.0 Å². The van der Waals surface area contributed by atoms with E-state index in [4.69, 9.17) is 18.9 Å². The van der Waals surface area contributed by atoms with Crippen LogP contribution in [0.4, 0.5) is 4.79 Å². The predicted octanol–water partition coefficient (Wildman–Crippen LogP) is 3.12. The van der Waals surface area contributed by atoms with Gasteiger partial charge in [-0.15, -0.1) is 24.0 Å². The maximum Gasteiger partial charge on any atom is 0.412 e. The van der Waals surface area contributed by atoms with Crippen LogP contribution < -0.4 is 10.6 Å². The van der Waals surface area contributed by atoms with Crippen molar-refractivity contribution in [3.63, 3.8) is 0 Å². The molecule has 2 fully saturated rings. The molecule has 32 heavy (non-hydrogen) atoms. The van der Waals surface area contributed by atoms with Crippen LogP contribution in [-0.4, -0.2) is 86.5 Å². The third kappa shape index (κ3) is 9.18. The van der Waals surface area contributed by atoms with Crippen LogP contribution in [0.25, 0.3) is 0 Å². The lowest BCUT2D eigenvalue weighted by molar-refractivity contribution is -0.0755. The molecule has 2 heterocycles. The van der Waals surface area contributed by atoms with Crippen molar-refractivity contribution in [1.29, 1.82) is 0 Å². The number of ether oxygens (including phenoxy) is 4. The largest absolute Gasteiger partial charge is 0.444 e. The van der Waals surface area contributed by atoms with Crippen molar-refractivity contribution < 1.29 is 23.7 Å². The van der Waals surface area contributed by atoms with Gasteiger partial charge in [-0.05, 0) is 60.8 Å². The van der Waals surface area contributed by atoms with Gasteiger partial charge in [-0.2, -0.15) is 0 Å². The van der Waals surface area contributed by atoms with E-state index in [1.807, 2.05) is 41.5 Å². The normalized spacial score (nSPS) is 24.1. The van der Waals surface area contributed by atoms with Gasteiger partial charge in [0.05, 0.1) is 18.2 Å². The quantitative estimate of drug-likeness (QED) is 0.210. The molecule has 0 radical (unpaired) electrons. The molecular formula is C22H43IN4O5. The number of nitrogens with zero attached hydrogens (tertiary/aromatic N) is 2. The summed E-state index contributed by atoms with van der Waals surface area (Å²) in [6, 6.07) is -0.180. The van der Waals surface area contributed by atoms with Gasteiger partial charge in [0.2, 0.25) is 0 Å². The summed E-state index contributed by atoms with van der Waals surface area (Å²) in [6.07, 6.45) is 2.64. The van der Waals surface area contributed by atoms with Crippen LogP contribution in [-0.2, 0) is 18.9 Å². The summed E-state index contributed by atoms with van der Waals surface area (Å²) in [6.45, 7) is 14.9. The van der Waals surface area contributed by atoms with E-state index in [1.165, 1.54) is 0 Å². The number of nitrogens with one attached hydrogen (secondary N) is 2. The van der Waals surface area contributed by atoms with E-state index in [2.05, 4.69) is 15.6 Å². The number of rotatable bonds is 7. The molecule has 2 atom stereocenters. The molecule has 2 rings (SSSR count). The summed E-state index contributed by atoms with van der Waals surface area (Å²) >= 11 is 0. The number of guanidine groups is 1. The van der Waals surface area contributed by atoms with Gasteiger partial charge in [0.25, 0.3) is 0 Å². The molecule has 2 saturated heterocycles. The Bertz CT molecular complexity index is 606. The van der Waals surface area contributed by atoms with Crippen LogP contribution in [0.5, 0.6) is 0 Å². The van der Waals surface area contributed by atoms with E-state index in [-0.39, 0.29) is 42.2 Å².